The zero-order valence-corrected chi connectivity index (χ0v) is 16.0. The molecule has 1 aliphatic heterocycles. The SMILES string of the molecule is CNCc1cc(S(=O)(=O)N2CCCC(C)(C)CC2)c(Br)s1. The molecule has 0 aliphatic carbocycles. The van der Waals surface area contributed by atoms with Crippen LogP contribution in [0, 0.1) is 5.41 Å². The number of rotatable bonds is 4. The van der Waals surface area contributed by atoms with Crippen molar-refractivity contribution in [1.29, 1.82) is 0 Å². The molecule has 1 N–H and O–H groups in total. The monoisotopic (exact) mass is 394 g/mol. The normalized spacial score (nSPS) is 20.4. The van der Waals surface area contributed by atoms with Crippen molar-refractivity contribution in [2.45, 2.75) is 44.6 Å². The Morgan fingerprint density at radius 2 is 2.10 bits per heavy atom. The van der Waals surface area contributed by atoms with Gasteiger partial charge in [0.25, 0.3) is 0 Å². The van der Waals surface area contributed by atoms with Gasteiger partial charge in [-0.05, 0) is 53.7 Å². The van der Waals surface area contributed by atoms with Crippen molar-refractivity contribution in [2.75, 3.05) is 20.1 Å². The van der Waals surface area contributed by atoms with Crippen molar-refractivity contribution < 1.29 is 8.42 Å². The predicted molar refractivity (Wildman–Crippen MR) is 91.2 cm³/mol. The topological polar surface area (TPSA) is 49.4 Å². The summed E-state index contributed by atoms with van der Waals surface area (Å²) < 4.78 is 28.1. The van der Waals surface area contributed by atoms with Gasteiger partial charge in [0.05, 0.1) is 3.79 Å². The molecule has 1 saturated heterocycles. The third-order valence-corrected chi connectivity index (χ3v) is 8.13. The van der Waals surface area contributed by atoms with Gasteiger partial charge in [0.2, 0.25) is 10.0 Å². The quantitative estimate of drug-likeness (QED) is 0.850. The smallest absolute Gasteiger partial charge is 0.245 e. The Balaban J connectivity index is 2.25. The number of thiophene rings is 1. The van der Waals surface area contributed by atoms with Gasteiger partial charge >= 0.3 is 0 Å². The van der Waals surface area contributed by atoms with Crippen LogP contribution in [0.5, 0.6) is 0 Å². The summed E-state index contributed by atoms with van der Waals surface area (Å²) in [7, 11) is -1.53. The molecule has 120 valence electrons. The molecule has 1 aromatic heterocycles. The molecule has 0 saturated carbocycles. The standard InChI is InChI=1S/C14H23BrN2O2S2/c1-14(2)5-4-7-17(8-6-14)21(18,19)12-9-11(10-16-3)20-13(12)15/h9,16H,4-8,10H2,1-3H3. The van der Waals surface area contributed by atoms with E-state index in [-0.39, 0.29) is 5.41 Å². The fourth-order valence-electron chi connectivity index (χ4n) is 2.61. The van der Waals surface area contributed by atoms with Gasteiger partial charge in [-0.15, -0.1) is 11.3 Å². The number of nitrogens with one attached hydrogen (secondary N) is 1. The molecule has 0 atom stereocenters. The van der Waals surface area contributed by atoms with E-state index in [0.29, 0.717) is 28.3 Å². The number of hydrogen-bond acceptors (Lipinski definition) is 4. The van der Waals surface area contributed by atoms with Crippen molar-refractivity contribution in [3.05, 3.63) is 14.7 Å². The second kappa shape index (κ2) is 6.66. The maximum Gasteiger partial charge on any atom is 0.245 e. The van der Waals surface area contributed by atoms with Gasteiger partial charge in [-0.3, -0.25) is 0 Å². The van der Waals surface area contributed by atoms with Crippen LogP contribution in [0.15, 0.2) is 14.7 Å². The second-order valence-corrected chi connectivity index (χ2v) is 10.7. The molecule has 0 amide bonds. The zero-order chi connectivity index (χ0) is 15.7. The van der Waals surface area contributed by atoms with Crippen LogP contribution in [0.4, 0.5) is 0 Å². The predicted octanol–water partition coefficient (Wildman–Crippen LogP) is 3.43. The lowest BCUT2D eigenvalue weighted by molar-refractivity contribution is 0.315. The summed E-state index contributed by atoms with van der Waals surface area (Å²) in [6, 6.07) is 1.79. The van der Waals surface area contributed by atoms with Gasteiger partial charge in [0.1, 0.15) is 4.90 Å². The van der Waals surface area contributed by atoms with Gasteiger partial charge in [-0.1, -0.05) is 13.8 Å². The number of halogens is 1. The fraction of sp³-hybridized carbons (Fsp3) is 0.714. The maximum atomic E-state index is 12.9. The van der Waals surface area contributed by atoms with Crippen molar-refractivity contribution >= 4 is 37.3 Å². The molecule has 0 aromatic carbocycles. The summed E-state index contributed by atoms with van der Waals surface area (Å²) in [5.41, 5.74) is 0.230. The highest BCUT2D eigenvalue weighted by molar-refractivity contribution is 9.11. The van der Waals surface area contributed by atoms with E-state index >= 15 is 0 Å². The van der Waals surface area contributed by atoms with Gasteiger partial charge in [0, 0.05) is 24.5 Å². The van der Waals surface area contributed by atoms with Crippen LogP contribution in [0.25, 0.3) is 0 Å². The van der Waals surface area contributed by atoms with E-state index < -0.39 is 10.0 Å². The van der Waals surface area contributed by atoms with Crippen molar-refractivity contribution in [2.24, 2.45) is 5.41 Å². The van der Waals surface area contributed by atoms with E-state index in [9.17, 15) is 8.42 Å². The van der Waals surface area contributed by atoms with Crippen LogP contribution in [0.1, 0.15) is 38.0 Å². The van der Waals surface area contributed by atoms with Crippen LogP contribution < -0.4 is 5.32 Å². The molecule has 0 spiro atoms. The molecule has 1 fully saturated rings. The Morgan fingerprint density at radius 1 is 1.38 bits per heavy atom. The van der Waals surface area contributed by atoms with E-state index in [1.807, 2.05) is 7.05 Å². The highest BCUT2D eigenvalue weighted by Crippen LogP contribution is 2.36. The summed E-state index contributed by atoms with van der Waals surface area (Å²) in [6.45, 7) is 6.35. The maximum absolute atomic E-state index is 12.9. The first kappa shape index (κ1) is 17.4. The van der Waals surface area contributed by atoms with Crippen molar-refractivity contribution in [3.63, 3.8) is 0 Å². The van der Waals surface area contributed by atoms with Crippen LogP contribution >= 0.6 is 27.3 Å². The second-order valence-electron chi connectivity index (χ2n) is 6.30. The molecule has 7 heteroatoms. The van der Waals surface area contributed by atoms with E-state index in [0.717, 1.165) is 24.1 Å². The average Bonchev–Trinajstić information content (AvgIpc) is 2.64. The van der Waals surface area contributed by atoms with Crippen molar-refractivity contribution in [1.82, 2.24) is 9.62 Å². The third-order valence-electron chi connectivity index (χ3n) is 3.97. The van der Waals surface area contributed by atoms with Gasteiger partial charge in [-0.2, -0.15) is 4.31 Å². The first-order valence-electron chi connectivity index (χ1n) is 7.19. The summed E-state index contributed by atoms with van der Waals surface area (Å²) in [5.74, 6) is 0. The zero-order valence-electron chi connectivity index (χ0n) is 12.8. The summed E-state index contributed by atoms with van der Waals surface area (Å²) >= 11 is 4.90. The minimum atomic E-state index is -3.39. The van der Waals surface area contributed by atoms with Gasteiger partial charge in [0.15, 0.2) is 0 Å². The molecule has 2 rings (SSSR count). The Bertz CT molecular complexity index is 596. The minimum Gasteiger partial charge on any atom is -0.315 e. The molecule has 0 radical (unpaired) electrons. The molecular formula is C14H23BrN2O2S2. The van der Waals surface area contributed by atoms with E-state index in [2.05, 4.69) is 35.1 Å². The molecule has 0 bridgehead atoms. The first-order chi connectivity index (χ1) is 9.76. The molecule has 1 aliphatic rings. The Labute approximate surface area is 140 Å². The molecule has 4 nitrogen and oxygen atoms in total. The minimum absolute atomic E-state index is 0.230. The highest BCUT2D eigenvalue weighted by atomic mass is 79.9. The van der Waals surface area contributed by atoms with Crippen LogP contribution in [-0.2, 0) is 16.6 Å². The number of sulfonamides is 1. The lowest BCUT2D eigenvalue weighted by atomic mass is 9.85. The van der Waals surface area contributed by atoms with E-state index in [4.69, 9.17) is 0 Å². The fourth-order valence-corrected chi connectivity index (χ4v) is 6.74. The molecule has 21 heavy (non-hydrogen) atoms. The summed E-state index contributed by atoms with van der Waals surface area (Å²) in [6.07, 6.45) is 2.92. The number of nitrogens with zero attached hydrogens (tertiary/aromatic N) is 1. The van der Waals surface area contributed by atoms with E-state index in [1.165, 1.54) is 11.3 Å². The summed E-state index contributed by atoms with van der Waals surface area (Å²) in [5, 5.41) is 3.06. The van der Waals surface area contributed by atoms with Crippen LogP contribution in [0.3, 0.4) is 0 Å². The van der Waals surface area contributed by atoms with E-state index in [1.54, 1.807) is 10.4 Å². The lowest BCUT2D eigenvalue weighted by Gasteiger charge is -2.23. The largest absolute Gasteiger partial charge is 0.315 e. The molecule has 1 aromatic rings. The molecular weight excluding hydrogens is 372 g/mol. The Morgan fingerprint density at radius 3 is 2.76 bits per heavy atom. The summed E-state index contributed by atoms with van der Waals surface area (Å²) in [4.78, 5) is 1.44. The highest BCUT2D eigenvalue weighted by Gasteiger charge is 2.32. The first-order valence-corrected chi connectivity index (χ1v) is 10.2. The van der Waals surface area contributed by atoms with Crippen LogP contribution in [-0.4, -0.2) is 32.9 Å². The molecule has 2 heterocycles. The van der Waals surface area contributed by atoms with Crippen LogP contribution in [0.2, 0.25) is 0 Å². The van der Waals surface area contributed by atoms with Crippen molar-refractivity contribution in [3.8, 4) is 0 Å². The lowest BCUT2D eigenvalue weighted by Crippen LogP contribution is -2.32. The molecule has 0 unspecified atom stereocenters. The Kier molecular flexibility index (Phi) is 5.52. The third kappa shape index (κ3) is 4.07. The number of hydrogen-bond donors (Lipinski definition) is 1. The Hall–Kier alpha value is 0.0500. The van der Waals surface area contributed by atoms with Gasteiger partial charge in [-0.25, -0.2) is 8.42 Å². The van der Waals surface area contributed by atoms with Gasteiger partial charge < -0.3 is 5.32 Å². The average molecular weight is 395 g/mol.